The largest absolute Gasteiger partial charge is 0.339 e. The predicted molar refractivity (Wildman–Crippen MR) is 123 cm³/mol. The fourth-order valence-corrected chi connectivity index (χ4v) is 4.94. The summed E-state index contributed by atoms with van der Waals surface area (Å²) in [6, 6.07) is 4.36. The van der Waals surface area contributed by atoms with Gasteiger partial charge in [0.05, 0.1) is 17.3 Å². The van der Waals surface area contributed by atoms with Crippen LogP contribution in [0.4, 0.5) is 10.5 Å². The second kappa shape index (κ2) is 10.9. The molecule has 4 amide bonds. The van der Waals surface area contributed by atoms with Gasteiger partial charge in [0.1, 0.15) is 6.29 Å². The van der Waals surface area contributed by atoms with E-state index in [1.54, 1.807) is 18.2 Å². The average molecular weight is 463 g/mol. The topological polar surface area (TPSA) is 90.0 Å². The van der Waals surface area contributed by atoms with Crippen molar-refractivity contribution in [1.82, 2.24) is 15.1 Å². The van der Waals surface area contributed by atoms with Crippen molar-refractivity contribution in [3.8, 4) is 0 Å². The number of hydrogen-bond donors (Lipinski definition) is 1. The lowest BCUT2D eigenvalue weighted by atomic mass is 9.71. The number of benzene rings is 1. The molecule has 174 valence electrons. The minimum Gasteiger partial charge on any atom is -0.339 e. The third kappa shape index (κ3) is 5.48. The Balaban J connectivity index is 1.68. The summed E-state index contributed by atoms with van der Waals surface area (Å²) in [6.07, 6.45) is 6.00. The minimum absolute atomic E-state index is 0.0802. The molecule has 1 N–H and O–H groups in total. The quantitative estimate of drug-likeness (QED) is 0.629. The molecule has 2 saturated heterocycles. The standard InChI is InChI=1S/C23H31ClN4O4/c1-2-9-28(22(32)25-17-30)20-16-18(3-4-19(20)24)21(31)27-12-7-23(8-13-27)5-10-26(11-6-23)14-15-29/h3-4,15-17H,2,5-14H2,1H3,(H,25,30,32). The summed E-state index contributed by atoms with van der Waals surface area (Å²) in [5.74, 6) is -0.0802. The van der Waals surface area contributed by atoms with Crippen LogP contribution in [-0.2, 0) is 9.59 Å². The van der Waals surface area contributed by atoms with Gasteiger partial charge in [-0.2, -0.15) is 0 Å². The average Bonchev–Trinajstić information content (AvgIpc) is 2.80. The van der Waals surface area contributed by atoms with Gasteiger partial charge < -0.3 is 9.69 Å². The van der Waals surface area contributed by atoms with Crippen molar-refractivity contribution in [2.24, 2.45) is 5.41 Å². The fraction of sp³-hybridized carbons (Fsp3) is 0.565. The van der Waals surface area contributed by atoms with Crippen molar-refractivity contribution in [2.45, 2.75) is 39.0 Å². The summed E-state index contributed by atoms with van der Waals surface area (Å²) in [4.78, 5) is 52.4. The Labute approximate surface area is 193 Å². The van der Waals surface area contributed by atoms with Crippen molar-refractivity contribution >= 4 is 41.9 Å². The molecule has 0 unspecified atom stereocenters. The molecule has 3 rings (SSSR count). The van der Waals surface area contributed by atoms with Crippen molar-refractivity contribution < 1.29 is 19.2 Å². The second-order valence-corrected chi connectivity index (χ2v) is 9.05. The van der Waals surface area contributed by atoms with Gasteiger partial charge in [-0.25, -0.2) is 4.79 Å². The van der Waals surface area contributed by atoms with Gasteiger partial charge in [-0.3, -0.25) is 24.7 Å². The van der Waals surface area contributed by atoms with Gasteiger partial charge in [0.25, 0.3) is 5.91 Å². The Bertz CT molecular complexity index is 844. The Morgan fingerprint density at radius 1 is 1.12 bits per heavy atom. The molecular formula is C23H31ClN4O4. The molecule has 0 aliphatic carbocycles. The first-order valence-corrected chi connectivity index (χ1v) is 11.6. The molecule has 0 aromatic heterocycles. The van der Waals surface area contributed by atoms with Gasteiger partial charge >= 0.3 is 6.03 Å². The fourth-order valence-electron chi connectivity index (χ4n) is 4.72. The van der Waals surface area contributed by atoms with Gasteiger partial charge in [-0.1, -0.05) is 18.5 Å². The highest BCUT2D eigenvalue weighted by molar-refractivity contribution is 6.34. The minimum atomic E-state index is -0.575. The first-order chi connectivity index (χ1) is 15.4. The number of aldehydes is 1. The Morgan fingerprint density at radius 2 is 1.78 bits per heavy atom. The van der Waals surface area contributed by atoms with Crippen molar-refractivity contribution in [3.05, 3.63) is 28.8 Å². The Morgan fingerprint density at radius 3 is 2.38 bits per heavy atom. The molecule has 2 fully saturated rings. The van der Waals surface area contributed by atoms with E-state index >= 15 is 0 Å². The molecule has 32 heavy (non-hydrogen) atoms. The van der Waals surface area contributed by atoms with E-state index in [9.17, 15) is 19.2 Å². The van der Waals surface area contributed by atoms with E-state index in [1.165, 1.54) is 4.90 Å². The predicted octanol–water partition coefficient (Wildman–Crippen LogP) is 2.94. The molecule has 8 nitrogen and oxygen atoms in total. The van der Waals surface area contributed by atoms with Gasteiger partial charge in [0.15, 0.2) is 0 Å². The SMILES string of the molecule is CCCN(C(=O)NC=O)c1cc(C(=O)N2CCC3(CCN(CC=O)CC3)CC2)ccc1Cl. The first kappa shape index (κ1) is 24.2. The summed E-state index contributed by atoms with van der Waals surface area (Å²) in [5.41, 5.74) is 1.14. The number of anilines is 1. The molecule has 1 aromatic rings. The van der Waals surface area contributed by atoms with Gasteiger partial charge in [0.2, 0.25) is 6.41 Å². The van der Waals surface area contributed by atoms with Crippen molar-refractivity contribution in [1.29, 1.82) is 0 Å². The summed E-state index contributed by atoms with van der Waals surface area (Å²) < 4.78 is 0. The van der Waals surface area contributed by atoms with E-state index < -0.39 is 6.03 Å². The number of halogens is 1. The van der Waals surface area contributed by atoms with Gasteiger partial charge in [-0.15, -0.1) is 0 Å². The van der Waals surface area contributed by atoms with E-state index in [2.05, 4.69) is 10.2 Å². The van der Waals surface area contributed by atoms with Crippen LogP contribution < -0.4 is 10.2 Å². The number of likely N-dealkylation sites (tertiary alicyclic amines) is 2. The number of imide groups is 1. The van der Waals surface area contributed by atoms with Crippen LogP contribution >= 0.6 is 11.6 Å². The van der Waals surface area contributed by atoms with Crippen LogP contribution in [0.2, 0.25) is 5.02 Å². The smallest absolute Gasteiger partial charge is 0.328 e. The lowest BCUT2D eigenvalue weighted by molar-refractivity contribution is -0.110. The van der Waals surface area contributed by atoms with Crippen LogP contribution in [0.5, 0.6) is 0 Å². The van der Waals surface area contributed by atoms with Gasteiger partial charge in [-0.05, 0) is 68.8 Å². The number of amides is 4. The third-order valence-corrected chi connectivity index (χ3v) is 7.04. The van der Waals surface area contributed by atoms with E-state index in [4.69, 9.17) is 11.6 Å². The van der Waals surface area contributed by atoms with Gasteiger partial charge in [0, 0.05) is 25.2 Å². The molecule has 2 aliphatic rings. The normalized spacial score (nSPS) is 18.2. The number of nitrogens with zero attached hydrogens (tertiary/aromatic N) is 3. The number of nitrogens with one attached hydrogen (secondary N) is 1. The highest BCUT2D eigenvalue weighted by atomic mass is 35.5. The molecule has 0 radical (unpaired) electrons. The number of carbonyl (C=O) groups excluding carboxylic acids is 4. The second-order valence-electron chi connectivity index (χ2n) is 8.64. The van der Waals surface area contributed by atoms with Crippen LogP contribution in [0.15, 0.2) is 18.2 Å². The van der Waals surface area contributed by atoms with Crippen LogP contribution in [0.25, 0.3) is 0 Å². The highest BCUT2D eigenvalue weighted by Gasteiger charge is 2.38. The van der Waals surface area contributed by atoms with Crippen molar-refractivity contribution in [2.75, 3.05) is 44.2 Å². The summed E-state index contributed by atoms with van der Waals surface area (Å²) in [5, 5.41) is 2.49. The molecule has 1 aromatic carbocycles. The number of piperidine rings is 2. The van der Waals surface area contributed by atoms with Crippen LogP contribution in [0.1, 0.15) is 49.4 Å². The zero-order valence-corrected chi connectivity index (χ0v) is 19.3. The maximum Gasteiger partial charge on any atom is 0.328 e. The molecule has 0 bridgehead atoms. The summed E-state index contributed by atoms with van der Waals surface area (Å²) in [7, 11) is 0. The maximum atomic E-state index is 13.2. The zero-order valence-electron chi connectivity index (χ0n) is 18.5. The third-order valence-electron chi connectivity index (χ3n) is 6.72. The van der Waals surface area contributed by atoms with E-state index in [1.807, 2.05) is 11.8 Å². The lowest BCUT2D eigenvalue weighted by Crippen LogP contribution is -2.48. The number of hydrogen-bond acceptors (Lipinski definition) is 5. The molecule has 2 heterocycles. The number of urea groups is 1. The summed E-state index contributed by atoms with van der Waals surface area (Å²) in [6.45, 7) is 6.03. The van der Waals surface area contributed by atoms with Crippen LogP contribution in [-0.4, -0.2) is 73.7 Å². The molecule has 0 saturated carbocycles. The van der Waals surface area contributed by atoms with Crippen molar-refractivity contribution in [3.63, 3.8) is 0 Å². The molecule has 2 aliphatic heterocycles. The first-order valence-electron chi connectivity index (χ1n) is 11.2. The monoisotopic (exact) mass is 462 g/mol. The molecule has 0 atom stereocenters. The number of rotatable bonds is 7. The zero-order chi connectivity index (χ0) is 23.1. The van der Waals surface area contributed by atoms with Crippen LogP contribution in [0, 0.1) is 5.41 Å². The summed E-state index contributed by atoms with van der Waals surface area (Å²) >= 11 is 6.33. The van der Waals surface area contributed by atoms with E-state index in [0.29, 0.717) is 55.3 Å². The Hall–Kier alpha value is -2.45. The maximum absolute atomic E-state index is 13.2. The molecular weight excluding hydrogens is 432 g/mol. The Kier molecular flexibility index (Phi) is 8.26. The van der Waals surface area contributed by atoms with Crippen LogP contribution in [0.3, 0.4) is 0 Å². The molecule has 9 heteroatoms. The van der Waals surface area contributed by atoms with E-state index in [-0.39, 0.29) is 11.3 Å². The molecule has 1 spiro atoms. The number of carbonyl (C=O) groups is 4. The highest BCUT2D eigenvalue weighted by Crippen LogP contribution is 2.41. The van der Waals surface area contributed by atoms with E-state index in [0.717, 1.165) is 45.1 Å². The lowest BCUT2D eigenvalue weighted by Gasteiger charge is -2.46.